The smallest absolute Gasteiger partial charge is 0.248 e. The van der Waals surface area contributed by atoms with Crippen LogP contribution >= 0.6 is 0 Å². The predicted molar refractivity (Wildman–Crippen MR) is 77.8 cm³/mol. The largest absolute Gasteiger partial charge is 0.366 e. The molecule has 2 aromatic rings. The number of nitrogens with one attached hydrogen (secondary N) is 1. The number of primary amides is 1. The lowest BCUT2D eigenvalue weighted by Crippen LogP contribution is -2.10. The van der Waals surface area contributed by atoms with Crippen LogP contribution in [0.4, 0.5) is 11.5 Å². The van der Waals surface area contributed by atoms with Crippen molar-refractivity contribution in [1.29, 1.82) is 0 Å². The number of nitrogens with two attached hydrogens (primary N) is 2. The second kappa shape index (κ2) is 4.94. The molecule has 2 atom stereocenters. The highest BCUT2D eigenvalue weighted by Crippen LogP contribution is 2.38. The minimum atomic E-state index is -0.445. The van der Waals surface area contributed by atoms with Crippen molar-refractivity contribution in [3.05, 3.63) is 53.7 Å². The van der Waals surface area contributed by atoms with Crippen molar-refractivity contribution in [2.24, 2.45) is 11.5 Å². The predicted octanol–water partition coefficient (Wildman–Crippen LogP) is 1.74. The van der Waals surface area contributed by atoms with Crippen molar-refractivity contribution >= 4 is 17.4 Å². The SMILES string of the molecule is NC(=O)c1cccc(Nc2ccc(C3CC3N)cn2)c1. The van der Waals surface area contributed by atoms with Gasteiger partial charge < -0.3 is 16.8 Å². The van der Waals surface area contributed by atoms with E-state index < -0.39 is 5.91 Å². The zero-order chi connectivity index (χ0) is 14.1. The summed E-state index contributed by atoms with van der Waals surface area (Å²) in [5, 5.41) is 3.15. The first kappa shape index (κ1) is 12.6. The number of hydrogen-bond donors (Lipinski definition) is 3. The van der Waals surface area contributed by atoms with E-state index in [0.29, 0.717) is 11.5 Å². The molecule has 0 radical (unpaired) electrons. The van der Waals surface area contributed by atoms with Crippen molar-refractivity contribution in [2.45, 2.75) is 18.4 Å². The number of rotatable bonds is 4. The molecule has 3 rings (SSSR count). The van der Waals surface area contributed by atoms with Crippen LogP contribution < -0.4 is 16.8 Å². The summed E-state index contributed by atoms with van der Waals surface area (Å²) < 4.78 is 0. The molecule has 5 nitrogen and oxygen atoms in total. The maximum atomic E-state index is 11.1. The van der Waals surface area contributed by atoms with E-state index in [9.17, 15) is 4.79 Å². The molecule has 1 amide bonds. The van der Waals surface area contributed by atoms with Gasteiger partial charge in [0, 0.05) is 29.4 Å². The molecule has 0 spiro atoms. The number of aromatic nitrogens is 1. The average Bonchev–Trinajstić information content (AvgIpc) is 3.17. The van der Waals surface area contributed by atoms with Gasteiger partial charge in [0.2, 0.25) is 5.91 Å². The Morgan fingerprint density at radius 3 is 2.70 bits per heavy atom. The molecule has 1 aromatic carbocycles. The summed E-state index contributed by atoms with van der Waals surface area (Å²) in [4.78, 5) is 15.5. The number of pyridine rings is 1. The monoisotopic (exact) mass is 268 g/mol. The van der Waals surface area contributed by atoms with E-state index >= 15 is 0 Å². The van der Waals surface area contributed by atoms with Crippen LogP contribution in [0.2, 0.25) is 0 Å². The number of hydrogen-bond acceptors (Lipinski definition) is 4. The van der Waals surface area contributed by atoms with E-state index in [2.05, 4.69) is 10.3 Å². The van der Waals surface area contributed by atoms with E-state index in [-0.39, 0.29) is 6.04 Å². The molecule has 1 aliphatic rings. The average molecular weight is 268 g/mol. The van der Waals surface area contributed by atoms with Gasteiger partial charge in [-0.15, -0.1) is 0 Å². The molecule has 1 saturated carbocycles. The Balaban J connectivity index is 1.74. The third-order valence-electron chi connectivity index (χ3n) is 3.47. The molecule has 5 heteroatoms. The zero-order valence-corrected chi connectivity index (χ0v) is 10.9. The zero-order valence-electron chi connectivity index (χ0n) is 10.9. The van der Waals surface area contributed by atoms with Crippen LogP contribution in [-0.2, 0) is 0 Å². The molecule has 5 N–H and O–H groups in total. The molecule has 0 aliphatic heterocycles. The van der Waals surface area contributed by atoms with Crippen LogP contribution in [-0.4, -0.2) is 16.9 Å². The normalized spacial score (nSPS) is 20.4. The second-order valence-electron chi connectivity index (χ2n) is 5.05. The fraction of sp³-hybridized carbons (Fsp3) is 0.200. The van der Waals surface area contributed by atoms with Crippen LogP contribution in [0.1, 0.15) is 28.3 Å². The Bertz CT molecular complexity index is 639. The summed E-state index contributed by atoms with van der Waals surface area (Å²) in [5.41, 5.74) is 13.5. The molecule has 1 fully saturated rings. The van der Waals surface area contributed by atoms with Crippen molar-refractivity contribution in [3.63, 3.8) is 0 Å². The molecule has 20 heavy (non-hydrogen) atoms. The Morgan fingerprint density at radius 1 is 1.30 bits per heavy atom. The van der Waals surface area contributed by atoms with Gasteiger partial charge in [0.15, 0.2) is 0 Å². The molecular weight excluding hydrogens is 252 g/mol. The highest BCUT2D eigenvalue weighted by molar-refractivity contribution is 5.93. The Morgan fingerprint density at radius 2 is 2.10 bits per heavy atom. The summed E-state index contributed by atoms with van der Waals surface area (Å²) >= 11 is 0. The first-order chi connectivity index (χ1) is 9.63. The summed E-state index contributed by atoms with van der Waals surface area (Å²) in [6.07, 6.45) is 2.88. The van der Waals surface area contributed by atoms with Gasteiger partial charge in [-0.25, -0.2) is 4.98 Å². The standard InChI is InChI=1S/C15H16N4O/c16-13-7-12(13)10-4-5-14(18-8-10)19-11-3-1-2-9(6-11)15(17)20/h1-6,8,12-13H,7,16H2,(H2,17,20)(H,18,19). The maximum Gasteiger partial charge on any atom is 0.248 e. The lowest BCUT2D eigenvalue weighted by Gasteiger charge is -2.07. The summed E-state index contributed by atoms with van der Waals surface area (Å²) in [6, 6.07) is 11.2. The first-order valence-electron chi connectivity index (χ1n) is 6.52. The van der Waals surface area contributed by atoms with E-state index in [1.165, 1.54) is 5.56 Å². The molecule has 0 bridgehead atoms. The van der Waals surface area contributed by atoms with Crippen molar-refractivity contribution in [1.82, 2.24) is 4.98 Å². The van der Waals surface area contributed by atoms with Crippen molar-refractivity contribution in [3.8, 4) is 0 Å². The van der Waals surface area contributed by atoms with Crippen LogP contribution in [0.25, 0.3) is 0 Å². The molecule has 0 saturated heterocycles. The first-order valence-corrected chi connectivity index (χ1v) is 6.52. The van der Waals surface area contributed by atoms with Gasteiger partial charge in [-0.2, -0.15) is 0 Å². The third-order valence-corrected chi connectivity index (χ3v) is 3.47. The minimum Gasteiger partial charge on any atom is -0.366 e. The molecule has 1 aromatic heterocycles. The number of nitrogens with zero attached hydrogens (tertiary/aromatic N) is 1. The Hall–Kier alpha value is -2.40. The van der Waals surface area contributed by atoms with E-state index in [1.54, 1.807) is 18.2 Å². The molecule has 102 valence electrons. The van der Waals surface area contributed by atoms with Gasteiger partial charge in [-0.1, -0.05) is 12.1 Å². The highest BCUT2D eigenvalue weighted by atomic mass is 16.1. The van der Waals surface area contributed by atoms with E-state index in [1.807, 2.05) is 24.4 Å². The third kappa shape index (κ3) is 2.62. The quantitative estimate of drug-likeness (QED) is 0.787. The fourth-order valence-corrected chi connectivity index (χ4v) is 2.19. The van der Waals surface area contributed by atoms with Crippen molar-refractivity contribution in [2.75, 3.05) is 5.32 Å². The summed E-state index contributed by atoms with van der Waals surface area (Å²) in [5.74, 6) is 0.735. The minimum absolute atomic E-state index is 0.280. The molecule has 2 unspecified atom stereocenters. The van der Waals surface area contributed by atoms with Crippen LogP contribution in [0.3, 0.4) is 0 Å². The van der Waals surface area contributed by atoms with Gasteiger partial charge in [-0.05, 0) is 36.2 Å². The number of benzene rings is 1. The van der Waals surface area contributed by atoms with Crippen molar-refractivity contribution < 1.29 is 4.79 Å². The summed E-state index contributed by atoms with van der Waals surface area (Å²) in [7, 11) is 0. The van der Waals surface area contributed by atoms with Crippen LogP contribution in [0.15, 0.2) is 42.6 Å². The van der Waals surface area contributed by atoms with Crippen LogP contribution in [0, 0.1) is 0 Å². The van der Waals surface area contributed by atoms with Gasteiger partial charge in [-0.3, -0.25) is 4.79 Å². The van der Waals surface area contributed by atoms with Gasteiger partial charge in [0.05, 0.1) is 0 Å². The fourth-order valence-electron chi connectivity index (χ4n) is 2.19. The number of carbonyl (C=O) groups is 1. The second-order valence-corrected chi connectivity index (χ2v) is 5.05. The Labute approximate surface area is 117 Å². The number of amides is 1. The van der Waals surface area contributed by atoms with Gasteiger partial charge >= 0.3 is 0 Å². The lowest BCUT2D eigenvalue weighted by atomic mass is 10.2. The van der Waals surface area contributed by atoms with Gasteiger partial charge in [0.1, 0.15) is 5.82 Å². The summed E-state index contributed by atoms with van der Waals surface area (Å²) in [6.45, 7) is 0. The Kier molecular flexibility index (Phi) is 3.12. The van der Waals surface area contributed by atoms with E-state index in [4.69, 9.17) is 11.5 Å². The number of anilines is 2. The molecule has 1 heterocycles. The van der Waals surface area contributed by atoms with Crippen LogP contribution in [0.5, 0.6) is 0 Å². The van der Waals surface area contributed by atoms with Gasteiger partial charge in [0.25, 0.3) is 0 Å². The number of carbonyl (C=O) groups excluding carboxylic acids is 1. The topological polar surface area (TPSA) is 94.0 Å². The highest BCUT2D eigenvalue weighted by Gasteiger charge is 2.34. The molecule has 1 aliphatic carbocycles. The maximum absolute atomic E-state index is 11.1. The molecular formula is C15H16N4O. The van der Waals surface area contributed by atoms with E-state index in [0.717, 1.165) is 17.9 Å². The lowest BCUT2D eigenvalue weighted by molar-refractivity contribution is 0.100.